The Hall–Kier alpha value is -1.33. The van der Waals surface area contributed by atoms with Crippen LogP contribution in [0.2, 0.25) is 0 Å². The van der Waals surface area contributed by atoms with Crippen LogP contribution in [0.15, 0.2) is 29.8 Å². The Morgan fingerprint density at radius 3 is 2.94 bits per heavy atom. The average Bonchev–Trinajstić information content (AvgIpc) is 2.83. The fourth-order valence-corrected chi connectivity index (χ4v) is 2.10. The van der Waals surface area contributed by atoms with Crippen molar-refractivity contribution < 1.29 is 8.78 Å². The fourth-order valence-electron chi connectivity index (χ4n) is 1.48. The summed E-state index contributed by atoms with van der Waals surface area (Å²) in [5.74, 6) is -1.57. The topological polar surface area (TPSA) is 24.9 Å². The minimum Gasteiger partial charge on any atom is -0.312 e. The highest BCUT2D eigenvalue weighted by Gasteiger charge is 2.06. The summed E-state index contributed by atoms with van der Waals surface area (Å²) >= 11 is 1.59. The first-order valence-corrected chi connectivity index (χ1v) is 6.17. The van der Waals surface area contributed by atoms with E-state index in [9.17, 15) is 8.78 Å². The van der Waals surface area contributed by atoms with E-state index in [-0.39, 0.29) is 0 Å². The van der Waals surface area contributed by atoms with Crippen molar-refractivity contribution in [3.05, 3.63) is 52.0 Å². The van der Waals surface area contributed by atoms with Gasteiger partial charge in [0.15, 0.2) is 11.6 Å². The molecule has 1 aromatic heterocycles. The van der Waals surface area contributed by atoms with Crippen LogP contribution in [0.5, 0.6) is 0 Å². The van der Waals surface area contributed by atoms with Crippen LogP contribution >= 0.6 is 11.3 Å². The second-order valence-electron chi connectivity index (χ2n) is 3.57. The maximum Gasteiger partial charge on any atom is 0.163 e. The van der Waals surface area contributed by atoms with Crippen LogP contribution in [0.3, 0.4) is 0 Å². The molecule has 1 heterocycles. The standard InChI is InChI=1S/C12H12F2N2S/c13-10-3-1-2-9(12(10)14)8-15-5-4-11-16-6-7-17-11/h1-3,6-7,15H,4-5,8H2. The zero-order chi connectivity index (χ0) is 12.1. The van der Waals surface area contributed by atoms with E-state index in [4.69, 9.17) is 0 Å². The number of aromatic nitrogens is 1. The molecule has 5 heteroatoms. The lowest BCUT2D eigenvalue weighted by Crippen LogP contribution is -2.17. The Bertz CT molecular complexity index is 471. The number of rotatable bonds is 5. The lowest BCUT2D eigenvalue weighted by atomic mass is 10.2. The maximum absolute atomic E-state index is 13.3. The number of halogens is 2. The van der Waals surface area contributed by atoms with Crippen molar-refractivity contribution in [3.63, 3.8) is 0 Å². The van der Waals surface area contributed by atoms with Gasteiger partial charge in [0.1, 0.15) is 0 Å². The van der Waals surface area contributed by atoms with Gasteiger partial charge in [-0.3, -0.25) is 0 Å². The predicted octanol–water partition coefficient (Wildman–Crippen LogP) is 2.75. The van der Waals surface area contributed by atoms with Gasteiger partial charge in [-0.15, -0.1) is 11.3 Å². The molecule has 2 nitrogen and oxygen atoms in total. The van der Waals surface area contributed by atoms with E-state index in [0.717, 1.165) is 17.5 Å². The van der Waals surface area contributed by atoms with Gasteiger partial charge < -0.3 is 5.32 Å². The van der Waals surface area contributed by atoms with Crippen molar-refractivity contribution in [1.82, 2.24) is 10.3 Å². The average molecular weight is 254 g/mol. The van der Waals surface area contributed by atoms with E-state index >= 15 is 0 Å². The largest absolute Gasteiger partial charge is 0.312 e. The molecule has 0 atom stereocenters. The first-order valence-electron chi connectivity index (χ1n) is 5.29. The number of hydrogen-bond acceptors (Lipinski definition) is 3. The van der Waals surface area contributed by atoms with Gasteiger partial charge in [-0.25, -0.2) is 13.8 Å². The molecule has 0 saturated heterocycles. The normalized spacial score (nSPS) is 10.7. The quantitative estimate of drug-likeness (QED) is 0.830. The Kier molecular flexibility index (Phi) is 4.17. The monoisotopic (exact) mass is 254 g/mol. The van der Waals surface area contributed by atoms with Gasteiger partial charge >= 0.3 is 0 Å². The lowest BCUT2D eigenvalue weighted by molar-refractivity contribution is 0.493. The molecule has 0 radical (unpaired) electrons. The molecule has 0 fully saturated rings. The molecule has 0 saturated carbocycles. The molecule has 0 bridgehead atoms. The van der Waals surface area contributed by atoms with E-state index in [1.807, 2.05) is 5.38 Å². The Morgan fingerprint density at radius 1 is 1.29 bits per heavy atom. The summed E-state index contributed by atoms with van der Waals surface area (Å²) in [5, 5.41) is 6.03. The first kappa shape index (κ1) is 12.1. The molecule has 0 aliphatic heterocycles. The Morgan fingerprint density at radius 2 is 2.18 bits per heavy atom. The van der Waals surface area contributed by atoms with Crippen LogP contribution in [-0.2, 0) is 13.0 Å². The molecule has 1 aromatic carbocycles. The first-order chi connectivity index (χ1) is 8.27. The summed E-state index contributed by atoms with van der Waals surface area (Å²) in [7, 11) is 0. The fraction of sp³-hybridized carbons (Fsp3) is 0.250. The molecule has 1 N–H and O–H groups in total. The number of nitrogens with zero attached hydrogens (tertiary/aromatic N) is 1. The molecule has 2 rings (SSSR count). The summed E-state index contributed by atoms with van der Waals surface area (Å²) in [6.07, 6.45) is 2.56. The molecule has 0 unspecified atom stereocenters. The van der Waals surface area contributed by atoms with E-state index in [1.165, 1.54) is 6.07 Å². The van der Waals surface area contributed by atoms with Gasteiger partial charge in [0.25, 0.3) is 0 Å². The minimum atomic E-state index is -0.802. The Balaban J connectivity index is 1.80. The van der Waals surface area contributed by atoms with Crippen LogP contribution in [0.25, 0.3) is 0 Å². The van der Waals surface area contributed by atoms with Gasteiger partial charge in [-0.2, -0.15) is 0 Å². The number of nitrogens with one attached hydrogen (secondary N) is 1. The molecule has 17 heavy (non-hydrogen) atoms. The van der Waals surface area contributed by atoms with Gasteiger partial charge in [0.05, 0.1) is 5.01 Å². The van der Waals surface area contributed by atoms with Gasteiger partial charge in [-0.1, -0.05) is 12.1 Å². The van der Waals surface area contributed by atoms with Gasteiger partial charge in [-0.05, 0) is 6.07 Å². The SMILES string of the molecule is Fc1cccc(CNCCc2nccs2)c1F. The van der Waals surface area contributed by atoms with E-state index in [0.29, 0.717) is 18.7 Å². The lowest BCUT2D eigenvalue weighted by Gasteiger charge is -2.05. The second-order valence-corrected chi connectivity index (χ2v) is 4.54. The molecular formula is C12H12F2N2S. The molecule has 2 aromatic rings. The van der Waals surface area contributed by atoms with Crippen molar-refractivity contribution in [3.8, 4) is 0 Å². The summed E-state index contributed by atoms with van der Waals surface area (Å²) in [5.41, 5.74) is 0.351. The van der Waals surface area contributed by atoms with Gasteiger partial charge in [0, 0.05) is 36.7 Å². The van der Waals surface area contributed by atoms with Crippen molar-refractivity contribution in [2.45, 2.75) is 13.0 Å². The number of hydrogen-bond donors (Lipinski definition) is 1. The van der Waals surface area contributed by atoms with E-state index < -0.39 is 11.6 Å². The molecule has 0 amide bonds. The summed E-state index contributed by atoms with van der Waals surface area (Å²) in [6.45, 7) is 1.03. The third kappa shape index (κ3) is 3.31. The second kappa shape index (κ2) is 5.84. The zero-order valence-corrected chi connectivity index (χ0v) is 9.94. The molecule has 0 aliphatic rings. The zero-order valence-electron chi connectivity index (χ0n) is 9.12. The number of thiazole rings is 1. The minimum absolute atomic E-state index is 0.328. The molecule has 0 spiro atoms. The highest BCUT2D eigenvalue weighted by molar-refractivity contribution is 7.09. The van der Waals surface area contributed by atoms with E-state index in [1.54, 1.807) is 23.6 Å². The van der Waals surface area contributed by atoms with Crippen molar-refractivity contribution in [1.29, 1.82) is 0 Å². The van der Waals surface area contributed by atoms with Crippen LogP contribution in [-0.4, -0.2) is 11.5 Å². The molecule has 0 aliphatic carbocycles. The van der Waals surface area contributed by atoms with Crippen molar-refractivity contribution in [2.24, 2.45) is 0 Å². The summed E-state index contributed by atoms with van der Waals surface area (Å²) in [4.78, 5) is 4.14. The Labute approximate surface area is 102 Å². The summed E-state index contributed by atoms with van der Waals surface area (Å²) < 4.78 is 26.2. The highest BCUT2D eigenvalue weighted by atomic mass is 32.1. The molecule has 90 valence electrons. The smallest absolute Gasteiger partial charge is 0.163 e. The van der Waals surface area contributed by atoms with Crippen LogP contribution in [0, 0.1) is 11.6 Å². The summed E-state index contributed by atoms with van der Waals surface area (Å²) in [6, 6.07) is 4.21. The van der Waals surface area contributed by atoms with Crippen LogP contribution < -0.4 is 5.32 Å². The van der Waals surface area contributed by atoms with Gasteiger partial charge in [0.2, 0.25) is 0 Å². The van der Waals surface area contributed by atoms with E-state index in [2.05, 4.69) is 10.3 Å². The number of benzene rings is 1. The van der Waals surface area contributed by atoms with Crippen LogP contribution in [0.4, 0.5) is 8.78 Å². The maximum atomic E-state index is 13.3. The molecular weight excluding hydrogens is 242 g/mol. The third-order valence-corrected chi connectivity index (χ3v) is 3.19. The van der Waals surface area contributed by atoms with Crippen LogP contribution in [0.1, 0.15) is 10.6 Å². The third-order valence-electron chi connectivity index (χ3n) is 2.35. The predicted molar refractivity (Wildman–Crippen MR) is 63.9 cm³/mol. The highest BCUT2D eigenvalue weighted by Crippen LogP contribution is 2.11. The van der Waals surface area contributed by atoms with Crippen molar-refractivity contribution >= 4 is 11.3 Å². The van der Waals surface area contributed by atoms with Crippen molar-refractivity contribution in [2.75, 3.05) is 6.54 Å².